The standard InChI is InChI=1S/C9H19BO2/c1-2-6-11-8-4-9-12-7-3-5-10/h2-9H2,1H3. The normalized spacial score (nSPS) is 10.4. The van der Waals surface area contributed by atoms with Gasteiger partial charge in [-0.1, -0.05) is 13.2 Å². The predicted molar refractivity (Wildman–Crippen MR) is 51.7 cm³/mol. The summed E-state index contributed by atoms with van der Waals surface area (Å²) in [6.45, 7) is 5.37. The Hall–Kier alpha value is -0.0151. The number of hydrogen-bond donors (Lipinski definition) is 0. The van der Waals surface area contributed by atoms with E-state index < -0.39 is 0 Å². The van der Waals surface area contributed by atoms with Gasteiger partial charge in [0.25, 0.3) is 0 Å². The fourth-order valence-corrected chi connectivity index (χ4v) is 0.797. The minimum Gasteiger partial charge on any atom is -0.381 e. The molecule has 0 N–H and O–H groups in total. The molecule has 0 amide bonds. The highest BCUT2D eigenvalue weighted by atomic mass is 16.5. The van der Waals surface area contributed by atoms with Crippen LogP contribution in [0.5, 0.6) is 0 Å². The van der Waals surface area contributed by atoms with Crippen LogP contribution in [0.2, 0.25) is 6.32 Å². The van der Waals surface area contributed by atoms with E-state index in [0.29, 0.717) is 6.32 Å². The van der Waals surface area contributed by atoms with Gasteiger partial charge in [0, 0.05) is 26.4 Å². The molecule has 0 bridgehead atoms. The van der Waals surface area contributed by atoms with E-state index in [4.69, 9.17) is 17.3 Å². The van der Waals surface area contributed by atoms with Crippen molar-refractivity contribution in [3.8, 4) is 0 Å². The van der Waals surface area contributed by atoms with E-state index in [1.165, 1.54) is 0 Å². The van der Waals surface area contributed by atoms with E-state index in [9.17, 15) is 0 Å². The van der Waals surface area contributed by atoms with Crippen molar-refractivity contribution in [2.24, 2.45) is 0 Å². The Morgan fingerprint density at radius 2 is 1.50 bits per heavy atom. The molecule has 0 fully saturated rings. The Bertz CT molecular complexity index is 68.9. The van der Waals surface area contributed by atoms with Crippen LogP contribution in [0.1, 0.15) is 26.2 Å². The lowest BCUT2D eigenvalue weighted by molar-refractivity contribution is 0.0833. The minimum atomic E-state index is 0.715. The second-order valence-electron chi connectivity index (χ2n) is 2.72. The van der Waals surface area contributed by atoms with Crippen LogP contribution in [0.25, 0.3) is 0 Å². The van der Waals surface area contributed by atoms with Crippen LogP contribution < -0.4 is 0 Å². The zero-order chi connectivity index (χ0) is 9.07. The van der Waals surface area contributed by atoms with Crippen LogP contribution >= 0.6 is 0 Å². The summed E-state index contributed by atoms with van der Waals surface area (Å²) < 4.78 is 10.6. The van der Waals surface area contributed by atoms with E-state index in [1.807, 2.05) is 0 Å². The van der Waals surface area contributed by atoms with E-state index in [0.717, 1.165) is 45.7 Å². The molecular formula is C9H19BO2. The highest BCUT2D eigenvalue weighted by Gasteiger charge is 1.88. The summed E-state index contributed by atoms with van der Waals surface area (Å²) in [5.41, 5.74) is 0. The molecule has 0 aromatic rings. The summed E-state index contributed by atoms with van der Waals surface area (Å²) in [5, 5.41) is 0. The van der Waals surface area contributed by atoms with Crippen LogP contribution in [-0.4, -0.2) is 34.3 Å². The first-order valence-corrected chi connectivity index (χ1v) is 4.77. The molecule has 2 radical (unpaired) electrons. The summed E-state index contributed by atoms with van der Waals surface area (Å²) in [6.07, 6.45) is 3.75. The van der Waals surface area contributed by atoms with E-state index >= 15 is 0 Å². The van der Waals surface area contributed by atoms with Gasteiger partial charge in [-0.05, 0) is 19.3 Å². The van der Waals surface area contributed by atoms with Crippen LogP contribution in [0.3, 0.4) is 0 Å². The van der Waals surface area contributed by atoms with Gasteiger partial charge in [0.1, 0.15) is 0 Å². The van der Waals surface area contributed by atoms with E-state index in [2.05, 4.69) is 6.92 Å². The SMILES string of the molecule is [B]CCCOCCCOCCC. The largest absolute Gasteiger partial charge is 0.381 e. The minimum absolute atomic E-state index is 0.715. The Balaban J connectivity index is 2.73. The molecule has 0 aliphatic heterocycles. The van der Waals surface area contributed by atoms with Gasteiger partial charge in [0.2, 0.25) is 0 Å². The molecule has 0 heterocycles. The van der Waals surface area contributed by atoms with Crippen molar-refractivity contribution in [3.05, 3.63) is 0 Å². The lowest BCUT2D eigenvalue weighted by Gasteiger charge is -2.03. The first kappa shape index (κ1) is 12.0. The van der Waals surface area contributed by atoms with Crippen LogP contribution in [-0.2, 0) is 9.47 Å². The maximum Gasteiger partial charge on any atom is 0.0654 e. The Labute approximate surface area is 77.0 Å². The molecule has 0 atom stereocenters. The molecule has 12 heavy (non-hydrogen) atoms. The van der Waals surface area contributed by atoms with Crippen molar-refractivity contribution < 1.29 is 9.47 Å². The molecule has 0 aliphatic rings. The van der Waals surface area contributed by atoms with Gasteiger partial charge >= 0.3 is 0 Å². The van der Waals surface area contributed by atoms with Crippen molar-refractivity contribution in [2.75, 3.05) is 26.4 Å². The summed E-state index contributed by atoms with van der Waals surface area (Å²) in [5.74, 6) is 0. The Morgan fingerprint density at radius 3 is 2.08 bits per heavy atom. The molecule has 0 spiro atoms. The monoisotopic (exact) mass is 170 g/mol. The van der Waals surface area contributed by atoms with Gasteiger partial charge in [0.15, 0.2) is 0 Å². The maximum atomic E-state index is 5.30. The molecule has 0 unspecified atom stereocenters. The fourth-order valence-electron chi connectivity index (χ4n) is 0.797. The van der Waals surface area contributed by atoms with Gasteiger partial charge < -0.3 is 9.47 Å². The summed E-state index contributed by atoms with van der Waals surface area (Å²) in [4.78, 5) is 0. The topological polar surface area (TPSA) is 18.5 Å². The molecule has 0 saturated carbocycles. The lowest BCUT2D eigenvalue weighted by Crippen LogP contribution is -2.02. The molecule has 0 aromatic heterocycles. The first-order valence-electron chi connectivity index (χ1n) is 4.77. The molecular weight excluding hydrogens is 151 g/mol. The zero-order valence-corrected chi connectivity index (χ0v) is 8.05. The van der Waals surface area contributed by atoms with Crippen molar-refractivity contribution in [2.45, 2.75) is 32.5 Å². The highest BCUT2D eigenvalue weighted by molar-refractivity contribution is 6.08. The number of ether oxygens (including phenoxy) is 2. The quantitative estimate of drug-likeness (QED) is 0.388. The molecule has 2 nitrogen and oxygen atoms in total. The average Bonchev–Trinajstić information content (AvgIpc) is 2.10. The molecule has 70 valence electrons. The predicted octanol–water partition coefficient (Wildman–Crippen LogP) is 1.80. The molecule has 0 aliphatic carbocycles. The molecule has 0 aromatic carbocycles. The Morgan fingerprint density at radius 1 is 0.917 bits per heavy atom. The third-order valence-electron chi connectivity index (χ3n) is 1.42. The maximum absolute atomic E-state index is 5.30. The van der Waals surface area contributed by atoms with E-state index in [-0.39, 0.29) is 0 Å². The van der Waals surface area contributed by atoms with Crippen LogP contribution in [0, 0.1) is 0 Å². The van der Waals surface area contributed by atoms with E-state index in [1.54, 1.807) is 0 Å². The molecule has 3 heteroatoms. The third-order valence-corrected chi connectivity index (χ3v) is 1.42. The summed E-state index contributed by atoms with van der Waals surface area (Å²) >= 11 is 0. The molecule has 0 saturated heterocycles. The van der Waals surface area contributed by atoms with Crippen LogP contribution in [0.4, 0.5) is 0 Å². The summed E-state index contributed by atoms with van der Waals surface area (Å²) in [7, 11) is 5.30. The van der Waals surface area contributed by atoms with Crippen LogP contribution in [0.15, 0.2) is 0 Å². The summed E-state index contributed by atoms with van der Waals surface area (Å²) in [6, 6.07) is 0. The Kier molecular flexibility index (Phi) is 11.0. The number of rotatable bonds is 9. The average molecular weight is 170 g/mol. The first-order chi connectivity index (χ1) is 5.91. The zero-order valence-electron chi connectivity index (χ0n) is 8.05. The third kappa shape index (κ3) is 9.98. The second kappa shape index (κ2) is 11.0. The van der Waals surface area contributed by atoms with Crippen molar-refractivity contribution in [1.29, 1.82) is 0 Å². The van der Waals surface area contributed by atoms with Gasteiger partial charge in [-0.2, -0.15) is 0 Å². The lowest BCUT2D eigenvalue weighted by atomic mass is 10.0. The second-order valence-corrected chi connectivity index (χ2v) is 2.72. The molecule has 0 rings (SSSR count). The van der Waals surface area contributed by atoms with Gasteiger partial charge in [0.05, 0.1) is 7.85 Å². The van der Waals surface area contributed by atoms with Gasteiger partial charge in [-0.25, -0.2) is 0 Å². The van der Waals surface area contributed by atoms with Gasteiger partial charge in [-0.15, -0.1) is 0 Å². The van der Waals surface area contributed by atoms with Crippen molar-refractivity contribution in [3.63, 3.8) is 0 Å². The van der Waals surface area contributed by atoms with Crippen molar-refractivity contribution in [1.82, 2.24) is 0 Å². The van der Waals surface area contributed by atoms with Gasteiger partial charge in [-0.3, -0.25) is 0 Å². The fraction of sp³-hybridized carbons (Fsp3) is 1.00. The smallest absolute Gasteiger partial charge is 0.0654 e. The van der Waals surface area contributed by atoms with Crippen molar-refractivity contribution >= 4 is 7.85 Å². The number of hydrogen-bond acceptors (Lipinski definition) is 2. The highest BCUT2D eigenvalue weighted by Crippen LogP contribution is 1.90.